The van der Waals surface area contributed by atoms with E-state index in [0.29, 0.717) is 22.7 Å². The SMILES string of the molecule is COCO[C@@H]1CCN(S(=O)(=O)c2ccc(C)cc2)c2ccc(Cl)cc2[C@@H]1OCOC. The summed E-state index contributed by atoms with van der Waals surface area (Å²) in [7, 11) is -0.749. The molecule has 2 aromatic carbocycles. The molecule has 0 saturated carbocycles. The van der Waals surface area contributed by atoms with Gasteiger partial charge in [-0.3, -0.25) is 4.31 Å². The second-order valence-corrected chi connectivity index (χ2v) is 9.29. The van der Waals surface area contributed by atoms with Crippen LogP contribution in [0.3, 0.4) is 0 Å². The Hall–Kier alpha value is -1.68. The van der Waals surface area contributed by atoms with E-state index in [1.54, 1.807) is 42.5 Å². The Balaban J connectivity index is 2.09. The Morgan fingerprint density at radius 2 is 1.70 bits per heavy atom. The van der Waals surface area contributed by atoms with Crippen LogP contribution in [-0.2, 0) is 29.0 Å². The fraction of sp³-hybridized carbons (Fsp3) is 0.429. The number of benzene rings is 2. The molecule has 0 spiro atoms. The first-order chi connectivity index (χ1) is 14.4. The van der Waals surface area contributed by atoms with Crippen molar-refractivity contribution in [2.75, 3.05) is 38.7 Å². The first-order valence-electron chi connectivity index (χ1n) is 9.48. The van der Waals surface area contributed by atoms with Gasteiger partial charge in [-0.2, -0.15) is 0 Å². The largest absolute Gasteiger partial charge is 0.359 e. The summed E-state index contributed by atoms with van der Waals surface area (Å²) in [6, 6.07) is 11.9. The normalized spacial score (nSPS) is 19.4. The van der Waals surface area contributed by atoms with Crippen LogP contribution in [0.15, 0.2) is 47.4 Å². The molecule has 9 heteroatoms. The van der Waals surface area contributed by atoms with Gasteiger partial charge in [0.2, 0.25) is 0 Å². The minimum absolute atomic E-state index is 0.0220. The predicted octanol–water partition coefficient (Wildman–Crippen LogP) is 3.90. The van der Waals surface area contributed by atoms with Crippen molar-refractivity contribution in [2.45, 2.75) is 30.4 Å². The lowest BCUT2D eigenvalue weighted by Gasteiger charge is -2.26. The number of nitrogens with zero attached hydrogens (tertiary/aromatic N) is 1. The summed E-state index contributed by atoms with van der Waals surface area (Å²) in [4.78, 5) is 0.222. The van der Waals surface area contributed by atoms with E-state index in [4.69, 9.17) is 30.5 Å². The molecule has 2 aromatic rings. The molecule has 1 aliphatic heterocycles. The van der Waals surface area contributed by atoms with E-state index in [1.807, 2.05) is 6.92 Å². The second-order valence-electron chi connectivity index (χ2n) is 6.99. The number of rotatable bonds is 8. The van der Waals surface area contributed by atoms with Crippen LogP contribution >= 0.6 is 11.6 Å². The van der Waals surface area contributed by atoms with Gasteiger partial charge in [0, 0.05) is 31.4 Å². The molecule has 0 saturated heterocycles. The lowest BCUT2D eigenvalue weighted by molar-refractivity contribution is -0.159. The summed E-state index contributed by atoms with van der Waals surface area (Å²) in [5.74, 6) is 0. The van der Waals surface area contributed by atoms with E-state index in [0.717, 1.165) is 5.56 Å². The molecule has 1 aliphatic rings. The molecule has 0 radical (unpaired) electrons. The molecule has 1 heterocycles. The molecule has 2 atom stereocenters. The zero-order chi connectivity index (χ0) is 21.7. The van der Waals surface area contributed by atoms with Gasteiger partial charge in [0.25, 0.3) is 10.0 Å². The third-order valence-electron chi connectivity index (χ3n) is 4.89. The topological polar surface area (TPSA) is 74.3 Å². The first kappa shape index (κ1) is 23.0. The molecule has 3 rings (SSSR count). The van der Waals surface area contributed by atoms with Crippen molar-refractivity contribution < 1.29 is 27.4 Å². The number of methoxy groups -OCH3 is 2. The summed E-state index contributed by atoms with van der Waals surface area (Å²) in [6.07, 6.45) is -0.627. The molecular weight excluding hydrogens is 430 g/mol. The average Bonchev–Trinajstić information content (AvgIpc) is 2.87. The summed E-state index contributed by atoms with van der Waals surface area (Å²) in [5.41, 5.74) is 2.11. The van der Waals surface area contributed by atoms with Crippen LogP contribution in [0.5, 0.6) is 0 Å². The van der Waals surface area contributed by atoms with Crippen molar-refractivity contribution >= 4 is 27.3 Å². The summed E-state index contributed by atoms with van der Waals surface area (Å²) in [6.45, 7) is 2.20. The lowest BCUT2D eigenvalue weighted by Crippen LogP contribution is -2.33. The third kappa shape index (κ3) is 4.96. The molecule has 0 bridgehead atoms. The number of aryl methyl sites for hydroxylation is 1. The van der Waals surface area contributed by atoms with Gasteiger partial charge in [-0.25, -0.2) is 8.42 Å². The van der Waals surface area contributed by atoms with Crippen LogP contribution < -0.4 is 4.31 Å². The molecule has 0 amide bonds. The third-order valence-corrected chi connectivity index (χ3v) is 6.96. The molecular formula is C21H26ClNO6S. The Kier molecular flexibility index (Phi) is 7.73. The van der Waals surface area contributed by atoms with Crippen LogP contribution in [0.2, 0.25) is 5.02 Å². The van der Waals surface area contributed by atoms with Crippen LogP contribution in [0.1, 0.15) is 23.7 Å². The molecule has 30 heavy (non-hydrogen) atoms. The van der Waals surface area contributed by atoms with Gasteiger partial charge in [-0.1, -0.05) is 29.3 Å². The molecule has 0 aromatic heterocycles. The number of sulfonamides is 1. The Labute approximate surface area is 182 Å². The zero-order valence-electron chi connectivity index (χ0n) is 17.2. The molecule has 0 unspecified atom stereocenters. The monoisotopic (exact) mass is 455 g/mol. The molecule has 0 aliphatic carbocycles. The van der Waals surface area contributed by atoms with Crippen LogP contribution in [-0.4, -0.2) is 48.9 Å². The zero-order valence-corrected chi connectivity index (χ0v) is 18.8. The van der Waals surface area contributed by atoms with Crippen LogP contribution in [0, 0.1) is 6.92 Å². The Morgan fingerprint density at radius 1 is 1.03 bits per heavy atom. The molecule has 7 nitrogen and oxygen atoms in total. The van der Waals surface area contributed by atoms with E-state index < -0.39 is 22.2 Å². The maximum Gasteiger partial charge on any atom is 0.264 e. The van der Waals surface area contributed by atoms with Gasteiger partial charge in [-0.05, 0) is 43.7 Å². The maximum absolute atomic E-state index is 13.5. The summed E-state index contributed by atoms with van der Waals surface area (Å²) < 4.78 is 50.3. The van der Waals surface area contributed by atoms with Crippen molar-refractivity contribution in [3.8, 4) is 0 Å². The van der Waals surface area contributed by atoms with Gasteiger partial charge in [0.15, 0.2) is 0 Å². The van der Waals surface area contributed by atoms with Crippen molar-refractivity contribution in [3.05, 3.63) is 58.6 Å². The van der Waals surface area contributed by atoms with Gasteiger partial charge >= 0.3 is 0 Å². The van der Waals surface area contributed by atoms with Gasteiger partial charge in [0.1, 0.15) is 19.7 Å². The van der Waals surface area contributed by atoms with E-state index in [9.17, 15) is 8.42 Å². The first-order valence-corrected chi connectivity index (χ1v) is 11.3. The number of hydrogen-bond donors (Lipinski definition) is 0. The average molecular weight is 456 g/mol. The number of halogens is 1. The number of ether oxygens (including phenoxy) is 4. The summed E-state index contributed by atoms with van der Waals surface area (Å²) >= 11 is 6.26. The quantitative estimate of drug-likeness (QED) is 0.562. The highest BCUT2D eigenvalue weighted by molar-refractivity contribution is 7.92. The van der Waals surface area contributed by atoms with E-state index in [1.165, 1.54) is 18.5 Å². The standard InChI is InChI=1S/C21H26ClNO6S/c1-15-4-7-17(8-5-15)30(24,25)23-11-10-20(28-13-26-2)21(29-14-27-3)18-12-16(22)6-9-19(18)23/h4-9,12,20-21H,10-11,13-14H2,1-3H3/t20-,21+/m1/s1. The number of anilines is 1. The fourth-order valence-electron chi connectivity index (χ4n) is 3.45. The number of fused-ring (bicyclic) bond motifs is 1. The van der Waals surface area contributed by atoms with Crippen molar-refractivity contribution in [2.24, 2.45) is 0 Å². The van der Waals surface area contributed by atoms with Gasteiger partial charge in [0.05, 0.1) is 16.7 Å². The van der Waals surface area contributed by atoms with Crippen molar-refractivity contribution in [1.82, 2.24) is 0 Å². The van der Waals surface area contributed by atoms with E-state index in [-0.39, 0.29) is 25.0 Å². The lowest BCUT2D eigenvalue weighted by atomic mass is 10.0. The fourth-order valence-corrected chi connectivity index (χ4v) is 5.13. The highest BCUT2D eigenvalue weighted by atomic mass is 35.5. The van der Waals surface area contributed by atoms with Crippen LogP contribution in [0.25, 0.3) is 0 Å². The highest BCUT2D eigenvalue weighted by Gasteiger charge is 2.37. The molecule has 0 fully saturated rings. The highest BCUT2D eigenvalue weighted by Crippen LogP contribution is 2.40. The Morgan fingerprint density at radius 3 is 2.37 bits per heavy atom. The smallest absolute Gasteiger partial charge is 0.264 e. The van der Waals surface area contributed by atoms with Crippen LogP contribution in [0.4, 0.5) is 5.69 Å². The predicted molar refractivity (Wildman–Crippen MR) is 114 cm³/mol. The van der Waals surface area contributed by atoms with E-state index >= 15 is 0 Å². The molecule has 164 valence electrons. The minimum Gasteiger partial charge on any atom is -0.359 e. The minimum atomic E-state index is -3.80. The van der Waals surface area contributed by atoms with Gasteiger partial charge < -0.3 is 18.9 Å². The maximum atomic E-state index is 13.5. The Bertz CT molecular complexity index is 950. The van der Waals surface area contributed by atoms with Crippen molar-refractivity contribution in [3.63, 3.8) is 0 Å². The van der Waals surface area contributed by atoms with Crippen molar-refractivity contribution in [1.29, 1.82) is 0 Å². The van der Waals surface area contributed by atoms with E-state index in [2.05, 4.69) is 0 Å². The molecule has 0 N–H and O–H groups in total. The summed E-state index contributed by atoms with van der Waals surface area (Å²) in [5, 5.41) is 0.472. The van der Waals surface area contributed by atoms with Gasteiger partial charge in [-0.15, -0.1) is 0 Å². The second kappa shape index (κ2) is 10.1. The number of hydrogen-bond acceptors (Lipinski definition) is 6.